The Morgan fingerprint density at radius 3 is 2.48 bits per heavy atom. The summed E-state index contributed by atoms with van der Waals surface area (Å²) in [4.78, 5) is 24.7. The smallest absolute Gasteiger partial charge is 0.230 e. The number of hydrogen-bond donors (Lipinski definition) is 2. The van der Waals surface area contributed by atoms with Gasteiger partial charge in [-0.2, -0.15) is 0 Å². The van der Waals surface area contributed by atoms with Crippen LogP contribution in [0.15, 0.2) is 24.3 Å². The highest BCUT2D eigenvalue weighted by molar-refractivity contribution is 6.30. The lowest BCUT2D eigenvalue weighted by Gasteiger charge is -2.42. The Balaban J connectivity index is 1.60. The van der Waals surface area contributed by atoms with E-state index in [1.54, 1.807) is 0 Å². The van der Waals surface area contributed by atoms with Gasteiger partial charge in [0.25, 0.3) is 0 Å². The monoisotopic (exact) mass is 418 g/mol. The summed E-state index contributed by atoms with van der Waals surface area (Å²) in [6.07, 6.45) is 6.77. The number of benzene rings is 1. The molecule has 1 aromatic carbocycles. The van der Waals surface area contributed by atoms with Crippen molar-refractivity contribution in [3.8, 4) is 0 Å². The number of nitrogens with two attached hydrogens (primary N) is 1. The number of carbonyl (C=O) groups is 2. The van der Waals surface area contributed by atoms with Gasteiger partial charge in [-0.1, -0.05) is 44.5 Å². The number of rotatable bonds is 8. The molecule has 0 bridgehead atoms. The van der Waals surface area contributed by atoms with Crippen molar-refractivity contribution in [2.24, 2.45) is 28.9 Å². The highest BCUT2D eigenvalue weighted by Gasteiger charge is 2.51. The molecule has 0 heterocycles. The summed E-state index contributed by atoms with van der Waals surface area (Å²) >= 11 is 5.99. The minimum absolute atomic E-state index is 0.0583. The first-order valence-corrected chi connectivity index (χ1v) is 11.3. The number of halogens is 1. The molecule has 2 fully saturated rings. The summed E-state index contributed by atoms with van der Waals surface area (Å²) in [5.41, 5.74) is 6.84. The Hall–Kier alpha value is -1.39. The molecule has 0 saturated heterocycles. The van der Waals surface area contributed by atoms with Crippen LogP contribution in [0.2, 0.25) is 5.02 Å². The molecule has 1 amide bonds. The maximum Gasteiger partial charge on any atom is 0.230 e. The highest BCUT2D eigenvalue weighted by atomic mass is 35.5. The van der Waals surface area contributed by atoms with Crippen molar-refractivity contribution in [1.29, 1.82) is 0 Å². The summed E-state index contributed by atoms with van der Waals surface area (Å²) in [5.74, 6) is 1.45. The normalized spacial score (nSPS) is 29.3. The van der Waals surface area contributed by atoms with Crippen LogP contribution in [0.5, 0.6) is 0 Å². The quantitative estimate of drug-likeness (QED) is 0.611. The van der Waals surface area contributed by atoms with Crippen LogP contribution in [0, 0.1) is 23.2 Å². The van der Waals surface area contributed by atoms with Crippen molar-refractivity contribution in [3.05, 3.63) is 34.9 Å². The molecule has 2 aliphatic rings. The Labute approximate surface area is 180 Å². The fraction of sp³-hybridized carbons (Fsp3) is 0.667. The van der Waals surface area contributed by atoms with Crippen LogP contribution in [0.4, 0.5) is 0 Å². The number of hydrogen-bond acceptors (Lipinski definition) is 3. The molecule has 1 aromatic rings. The van der Waals surface area contributed by atoms with Crippen LogP contribution in [0.3, 0.4) is 0 Å². The molecule has 2 saturated carbocycles. The summed E-state index contributed by atoms with van der Waals surface area (Å²) in [6, 6.07) is 7.44. The average molecular weight is 419 g/mol. The van der Waals surface area contributed by atoms with Gasteiger partial charge in [0.1, 0.15) is 6.29 Å². The van der Waals surface area contributed by atoms with Crippen LogP contribution < -0.4 is 11.1 Å². The Morgan fingerprint density at radius 1 is 1.28 bits per heavy atom. The van der Waals surface area contributed by atoms with Crippen LogP contribution in [-0.4, -0.2) is 24.8 Å². The summed E-state index contributed by atoms with van der Waals surface area (Å²) in [6.45, 7) is 6.98. The molecule has 5 heteroatoms. The molecular weight excluding hydrogens is 384 g/mol. The second kappa shape index (κ2) is 8.77. The van der Waals surface area contributed by atoms with Crippen molar-refractivity contribution in [3.63, 3.8) is 0 Å². The molecule has 160 valence electrons. The summed E-state index contributed by atoms with van der Waals surface area (Å²) < 4.78 is 0. The zero-order valence-corrected chi connectivity index (χ0v) is 18.7. The van der Waals surface area contributed by atoms with E-state index in [2.05, 4.69) is 26.1 Å². The molecule has 0 aromatic heterocycles. The van der Waals surface area contributed by atoms with Crippen molar-refractivity contribution in [1.82, 2.24) is 5.32 Å². The average Bonchev–Trinajstić information content (AvgIpc) is 3.47. The van der Waals surface area contributed by atoms with Gasteiger partial charge in [-0.15, -0.1) is 0 Å². The first kappa shape index (κ1) is 22.3. The minimum Gasteiger partial charge on any atom is -0.354 e. The van der Waals surface area contributed by atoms with Crippen LogP contribution >= 0.6 is 11.6 Å². The van der Waals surface area contributed by atoms with Gasteiger partial charge < -0.3 is 15.8 Å². The fourth-order valence-corrected chi connectivity index (χ4v) is 5.42. The molecule has 0 radical (unpaired) electrons. The van der Waals surface area contributed by atoms with Crippen molar-refractivity contribution in [2.75, 3.05) is 6.54 Å². The third-order valence-electron chi connectivity index (χ3n) is 6.89. The molecule has 0 spiro atoms. The topological polar surface area (TPSA) is 72.2 Å². The molecular formula is C24H35ClN2O2. The maximum absolute atomic E-state index is 12.9. The van der Waals surface area contributed by atoms with Gasteiger partial charge in [-0.25, -0.2) is 0 Å². The molecule has 4 atom stereocenters. The Bertz CT molecular complexity index is 729. The first-order valence-electron chi connectivity index (χ1n) is 10.9. The number of amides is 1. The lowest BCUT2D eigenvalue weighted by Crippen LogP contribution is -2.48. The van der Waals surface area contributed by atoms with E-state index < -0.39 is 5.41 Å². The van der Waals surface area contributed by atoms with E-state index in [4.69, 9.17) is 17.3 Å². The van der Waals surface area contributed by atoms with E-state index in [9.17, 15) is 9.59 Å². The molecule has 29 heavy (non-hydrogen) atoms. The van der Waals surface area contributed by atoms with Gasteiger partial charge in [0.15, 0.2) is 0 Å². The van der Waals surface area contributed by atoms with Crippen LogP contribution in [0.25, 0.3) is 0 Å². The van der Waals surface area contributed by atoms with Crippen molar-refractivity contribution in [2.45, 2.75) is 70.8 Å². The molecule has 4 unspecified atom stereocenters. The lowest BCUT2D eigenvalue weighted by atomic mass is 9.64. The lowest BCUT2D eigenvalue weighted by molar-refractivity contribution is -0.124. The SMILES string of the molecule is CC(C)CC1CC(C(N)CNC(=O)C2(c3ccc(Cl)cc3)CC2)CC(C)(C=O)C1. The van der Waals surface area contributed by atoms with Gasteiger partial charge in [0.2, 0.25) is 5.91 Å². The summed E-state index contributed by atoms with van der Waals surface area (Å²) in [7, 11) is 0. The van der Waals surface area contributed by atoms with E-state index in [1.807, 2.05) is 24.3 Å². The highest BCUT2D eigenvalue weighted by Crippen LogP contribution is 2.49. The van der Waals surface area contributed by atoms with Crippen molar-refractivity contribution < 1.29 is 9.59 Å². The van der Waals surface area contributed by atoms with Gasteiger partial charge in [0, 0.05) is 23.0 Å². The fourth-order valence-electron chi connectivity index (χ4n) is 5.29. The zero-order valence-electron chi connectivity index (χ0n) is 17.9. The van der Waals surface area contributed by atoms with Gasteiger partial charge in [-0.3, -0.25) is 4.79 Å². The van der Waals surface area contributed by atoms with Gasteiger partial charge in [0.05, 0.1) is 5.41 Å². The van der Waals surface area contributed by atoms with E-state index in [0.29, 0.717) is 23.4 Å². The molecule has 2 aliphatic carbocycles. The maximum atomic E-state index is 12.9. The first-order chi connectivity index (χ1) is 13.7. The van der Waals surface area contributed by atoms with E-state index in [-0.39, 0.29) is 23.3 Å². The van der Waals surface area contributed by atoms with Crippen molar-refractivity contribution >= 4 is 23.8 Å². The minimum atomic E-state index is -0.422. The predicted molar refractivity (Wildman–Crippen MR) is 118 cm³/mol. The largest absolute Gasteiger partial charge is 0.354 e. The number of nitrogens with one attached hydrogen (secondary N) is 1. The third kappa shape index (κ3) is 5.21. The number of aldehydes is 1. The Kier molecular flexibility index (Phi) is 6.74. The molecule has 3 rings (SSSR count). The van der Waals surface area contributed by atoms with E-state index >= 15 is 0 Å². The van der Waals surface area contributed by atoms with Crippen LogP contribution in [0.1, 0.15) is 64.9 Å². The van der Waals surface area contributed by atoms with Crippen LogP contribution in [-0.2, 0) is 15.0 Å². The van der Waals surface area contributed by atoms with E-state index in [1.165, 1.54) is 0 Å². The molecule has 0 aliphatic heterocycles. The van der Waals surface area contributed by atoms with Gasteiger partial charge >= 0.3 is 0 Å². The molecule has 4 nitrogen and oxygen atoms in total. The zero-order chi connectivity index (χ0) is 21.2. The predicted octanol–water partition coefficient (Wildman–Crippen LogP) is 4.48. The van der Waals surface area contributed by atoms with Gasteiger partial charge in [-0.05, 0) is 74.0 Å². The Morgan fingerprint density at radius 2 is 1.93 bits per heavy atom. The number of carbonyl (C=O) groups excluding carboxylic acids is 2. The molecule has 3 N–H and O–H groups in total. The second-order valence-electron chi connectivity index (χ2n) is 10.1. The third-order valence-corrected chi connectivity index (χ3v) is 7.15. The standard InChI is InChI=1S/C24H35ClN2O2/c1-16(2)10-17-11-18(13-23(3,12-17)15-28)21(26)14-27-22(29)24(8-9-24)19-4-6-20(25)7-5-19/h4-7,15-18,21H,8-14,26H2,1-3H3,(H,27,29). The van der Waals surface area contributed by atoms with E-state index in [0.717, 1.165) is 50.4 Å². The summed E-state index contributed by atoms with van der Waals surface area (Å²) in [5, 5.41) is 3.79. The second-order valence-corrected chi connectivity index (χ2v) is 10.6.